The number of para-hydroxylation sites is 2. The van der Waals surface area contributed by atoms with Crippen LogP contribution < -0.4 is 14.5 Å². The summed E-state index contributed by atoms with van der Waals surface area (Å²) in [6.07, 6.45) is 1.63. The van der Waals surface area contributed by atoms with E-state index in [0.29, 0.717) is 0 Å². The van der Waals surface area contributed by atoms with E-state index in [1.165, 1.54) is 12.1 Å². The molecule has 0 atom stereocenters. The fourth-order valence-corrected chi connectivity index (χ4v) is 4.90. The van der Waals surface area contributed by atoms with Gasteiger partial charge < -0.3 is 14.5 Å². The normalized spacial score (nSPS) is 14.3. The number of benzene rings is 2. The van der Waals surface area contributed by atoms with Crippen molar-refractivity contribution in [3.63, 3.8) is 0 Å². The Morgan fingerprint density at radius 2 is 1.67 bits per heavy atom. The number of anilines is 2. The van der Waals surface area contributed by atoms with Gasteiger partial charge in [0.2, 0.25) is 0 Å². The van der Waals surface area contributed by atoms with Gasteiger partial charge in [0.1, 0.15) is 28.5 Å². The quantitative estimate of drug-likeness (QED) is 0.473. The summed E-state index contributed by atoms with van der Waals surface area (Å²) >= 11 is 1.60. The second-order valence-electron chi connectivity index (χ2n) is 7.18. The Balaban J connectivity index is 1.45. The Morgan fingerprint density at radius 1 is 0.933 bits per heavy atom. The van der Waals surface area contributed by atoms with E-state index in [0.717, 1.165) is 64.8 Å². The van der Waals surface area contributed by atoms with Crippen molar-refractivity contribution >= 4 is 33.1 Å². The molecule has 30 heavy (non-hydrogen) atoms. The zero-order valence-electron chi connectivity index (χ0n) is 16.6. The summed E-state index contributed by atoms with van der Waals surface area (Å²) in [4.78, 5) is 14.7. The number of hydrogen-bond donors (Lipinski definition) is 0. The van der Waals surface area contributed by atoms with Crippen LogP contribution in [0.25, 0.3) is 21.3 Å². The molecule has 3 heterocycles. The SMILES string of the molecule is COc1ccccc1N1CCN(c2ncnc3scc(-c4ccc(F)cc4)c23)CC1. The summed E-state index contributed by atoms with van der Waals surface area (Å²) in [6, 6.07) is 14.7. The molecule has 0 bridgehead atoms. The van der Waals surface area contributed by atoms with Crippen LogP contribution in [0.1, 0.15) is 0 Å². The van der Waals surface area contributed by atoms with Crippen LogP contribution in [0.2, 0.25) is 0 Å². The first kappa shape index (κ1) is 18.8. The third-order valence-electron chi connectivity index (χ3n) is 5.51. The van der Waals surface area contributed by atoms with Gasteiger partial charge in [-0.3, -0.25) is 0 Å². The summed E-state index contributed by atoms with van der Waals surface area (Å²) in [5, 5.41) is 3.13. The zero-order valence-corrected chi connectivity index (χ0v) is 17.4. The fraction of sp³-hybridized carbons (Fsp3) is 0.217. The number of nitrogens with zero attached hydrogens (tertiary/aromatic N) is 4. The smallest absolute Gasteiger partial charge is 0.142 e. The number of methoxy groups -OCH3 is 1. The molecule has 7 heteroatoms. The number of rotatable bonds is 4. The molecular formula is C23H21FN4OS. The highest BCUT2D eigenvalue weighted by atomic mass is 32.1. The molecule has 0 aliphatic carbocycles. The van der Waals surface area contributed by atoms with E-state index in [1.807, 2.05) is 30.3 Å². The topological polar surface area (TPSA) is 41.5 Å². The predicted molar refractivity (Wildman–Crippen MR) is 120 cm³/mol. The van der Waals surface area contributed by atoms with Gasteiger partial charge in [0.15, 0.2) is 0 Å². The lowest BCUT2D eigenvalue weighted by molar-refractivity contribution is 0.413. The van der Waals surface area contributed by atoms with Crippen molar-refractivity contribution in [1.29, 1.82) is 0 Å². The van der Waals surface area contributed by atoms with Gasteiger partial charge in [-0.15, -0.1) is 11.3 Å². The molecule has 0 spiro atoms. The van der Waals surface area contributed by atoms with Gasteiger partial charge in [0, 0.05) is 37.1 Å². The molecule has 1 fully saturated rings. The van der Waals surface area contributed by atoms with Crippen molar-refractivity contribution < 1.29 is 9.13 Å². The first-order chi connectivity index (χ1) is 14.7. The van der Waals surface area contributed by atoms with Gasteiger partial charge in [-0.25, -0.2) is 14.4 Å². The monoisotopic (exact) mass is 420 g/mol. The van der Waals surface area contributed by atoms with Crippen LogP contribution in [-0.4, -0.2) is 43.3 Å². The summed E-state index contributed by atoms with van der Waals surface area (Å²) < 4.78 is 18.9. The highest BCUT2D eigenvalue weighted by Crippen LogP contribution is 2.38. The molecule has 1 aliphatic heterocycles. The van der Waals surface area contributed by atoms with Crippen LogP contribution in [-0.2, 0) is 0 Å². The van der Waals surface area contributed by atoms with E-state index in [2.05, 4.69) is 31.2 Å². The minimum atomic E-state index is -0.234. The van der Waals surface area contributed by atoms with Crippen molar-refractivity contribution in [2.45, 2.75) is 0 Å². The minimum absolute atomic E-state index is 0.234. The van der Waals surface area contributed by atoms with Gasteiger partial charge in [-0.1, -0.05) is 24.3 Å². The maximum atomic E-state index is 13.4. The number of aromatic nitrogens is 2. The molecule has 1 saturated heterocycles. The second-order valence-corrected chi connectivity index (χ2v) is 8.04. The third-order valence-corrected chi connectivity index (χ3v) is 6.40. The first-order valence-electron chi connectivity index (χ1n) is 9.85. The highest BCUT2D eigenvalue weighted by Gasteiger charge is 2.23. The fourth-order valence-electron chi connectivity index (χ4n) is 3.99. The van der Waals surface area contributed by atoms with Gasteiger partial charge in [-0.05, 0) is 29.8 Å². The maximum absolute atomic E-state index is 13.4. The van der Waals surface area contributed by atoms with Crippen molar-refractivity contribution in [2.75, 3.05) is 43.1 Å². The second kappa shape index (κ2) is 7.91. The Hall–Kier alpha value is -3.19. The lowest BCUT2D eigenvalue weighted by Crippen LogP contribution is -2.47. The Labute approximate surface area is 178 Å². The Kier molecular flexibility index (Phi) is 4.96. The standard InChI is InChI=1S/C23H21FN4OS/c1-29-20-5-3-2-4-19(20)27-10-12-28(13-11-27)22-21-18(14-30-23(21)26-15-25-22)16-6-8-17(24)9-7-16/h2-9,14-15H,10-13H2,1H3. The Bertz CT molecular complexity index is 1170. The molecule has 0 radical (unpaired) electrons. The number of hydrogen-bond acceptors (Lipinski definition) is 6. The summed E-state index contributed by atoms with van der Waals surface area (Å²) in [5.74, 6) is 1.61. The van der Waals surface area contributed by atoms with E-state index in [-0.39, 0.29) is 5.82 Å². The first-order valence-corrected chi connectivity index (χ1v) is 10.7. The summed E-state index contributed by atoms with van der Waals surface area (Å²) in [7, 11) is 1.71. The number of ether oxygens (including phenoxy) is 1. The lowest BCUT2D eigenvalue weighted by Gasteiger charge is -2.37. The van der Waals surface area contributed by atoms with Crippen molar-refractivity contribution in [2.24, 2.45) is 0 Å². The van der Waals surface area contributed by atoms with Gasteiger partial charge in [-0.2, -0.15) is 0 Å². The van der Waals surface area contributed by atoms with E-state index in [9.17, 15) is 4.39 Å². The van der Waals surface area contributed by atoms with E-state index in [1.54, 1.807) is 24.8 Å². The molecule has 0 amide bonds. The summed E-state index contributed by atoms with van der Waals surface area (Å²) in [6.45, 7) is 3.45. The molecular weight excluding hydrogens is 399 g/mol. The summed E-state index contributed by atoms with van der Waals surface area (Å²) in [5.41, 5.74) is 3.15. The van der Waals surface area contributed by atoms with Crippen molar-refractivity contribution in [3.8, 4) is 16.9 Å². The van der Waals surface area contributed by atoms with Crippen LogP contribution in [0.3, 0.4) is 0 Å². The molecule has 2 aromatic heterocycles. The number of halogens is 1. The predicted octanol–water partition coefficient (Wildman–Crippen LogP) is 4.83. The average Bonchev–Trinajstić information content (AvgIpc) is 3.24. The molecule has 0 N–H and O–H groups in total. The van der Waals surface area contributed by atoms with E-state index in [4.69, 9.17) is 4.74 Å². The van der Waals surface area contributed by atoms with Crippen LogP contribution in [0.15, 0.2) is 60.2 Å². The average molecular weight is 421 g/mol. The molecule has 0 unspecified atom stereocenters. The molecule has 152 valence electrons. The van der Waals surface area contributed by atoms with Crippen molar-refractivity contribution in [3.05, 3.63) is 66.1 Å². The minimum Gasteiger partial charge on any atom is -0.495 e. The zero-order chi connectivity index (χ0) is 20.5. The van der Waals surface area contributed by atoms with E-state index >= 15 is 0 Å². The molecule has 2 aromatic carbocycles. The lowest BCUT2D eigenvalue weighted by atomic mass is 10.1. The highest BCUT2D eigenvalue weighted by molar-refractivity contribution is 7.17. The van der Waals surface area contributed by atoms with Gasteiger partial charge >= 0.3 is 0 Å². The molecule has 4 aromatic rings. The molecule has 0 saturated carbocycles. The van der Waals surface area contributed by atoms with Crippen LogP contribution in [0.5, 0.6) is 5.75 Å². The maximum Gasteiger partial charge on any atom is 0.142 e. The van der Waals surface area contributed by atoms with Gasteiger partial charge in [0.25, 0.3) is 0 Å². The van der Waals surface area contributed by atoms with Crippen LogP contribution in [0.4, 0.5) is 15.9 Å². The number of thiophene rings is 1. The number of piperazine rings is 1. The molecule has 5 rings (SSSR count). The molecule has 1 aliphatic rings. The Morgan fingerprint density at radius 3 is 2.43 bits per heavy atom. The largest absolute Gasteiger partial charge is 0.495 e. The van der Waals surface area contributed by atoms with E-state index < -0.39 is 0 Å². The molecule has 5 nitrogen and oxygen atoms in total. The number of fused-ring (bicyclic) bond motifs is 1. The van der Waals surface area contributed by atoms with Gasteiger partial charge in [0.05, 0.1) is 18.2 Å². The third kappa shape index (κ3) is 3.35. The van der Waals surface area contributed by atoms with Crippen LogP contribution in [0, 0.1) is 5.82 Å². The van der Waals surface area contributed by atoms with Crippen molar-refractivity contribution in [1.82, 2.24) is 9.97 Å². The van der Waals surface area contributed by atoms with Crippen LogP contribution >= 0.6 is 11.3 Å².